The van der Waals surface area contributed by atoms with E-state index in [9.17, 15) is 28.0 Å². The molecule has 3 atom stereocenters. The lowest BCUT2D eigenvalue weighted by Gasteiger charge is -2.43. The molecular formula is C51H67F2N9O9S. The predicted octanol–water partition coefficient (Wildman–Crippen LogP) is 5.59. The molecule has 8 rings (SSSR count). The van der Waals surface area contributed by atoms with Crippen LogP contribution in [0.25, 0.3) is 21.1 Å². The zero-order valence-electron chi connectivity index (χ0n) is 41.8. The number of fused-ring (bicyclic) bond motifs is 2. The van der Waals surface area contributed by atoms with E-state index in [0.29, 0.717) is 18.2 Å². The molecule has 2 saturated heterocycles. The number of carbonyl (C=O) groups is 4. The Kier molecular flexibility index (Phi) is 17.8. The first-order valence-corrected chi connectivity index (χ1v) is 25.9. The van der Waals surface area contributed by atoms with Crippen molar-refractivity contribution in [1.82, 2.24) is 45.4 Å². The molecule has 0 bridgehead atoms. The maximum atomic E-state index is 14.7. The molecule has 4 amide bonds. The lowest BCUT2D eigenvalue weighted by atomic mass is 9.83. The second-order valence-corrected chi connectivity index (χ2v) is 20.3. The number of likely N-dealkylation sites (tertiary alicyclic amines) is 1. The number of carbonyl (C=O) groups excluding carboxylic acids is 4. The lowest BCUT2D eigenvalue weighted by molar-refractivity contribution is -0.142. The lowest BCUT2D eigenvalue weighted by Crippen LogP contribution is -2.62. The third kappa shape index (κ3) is 12.5. The van der Waals surface area contributed by atoms with Crippen LogP contribution in [0.2, 0.25) is 0 Å². The van der Waals surface area contributed by atoms with Crippen LogP contribution in [0.4, 0.5) is 8.78 Å². The highest BCUT2D eigenvalue weighted by atomic mass is 32.1. The Hall–Kier alpha value is -5.74. The summed E-state index contributed by atoms with van der Waals surface area (Å²) in [5.74, 6) is -1.90. The summed E-state index contributed by atoms with van der Waals surface area (Å²) in [6.45, 7) is 9.67. The van der Waals surface area contributed by atoms with Gasteiger partial charge in [-0.15, -0.1) is 11.3 Å². The van der Waals surface area contributed by atoms with E-state index in [1.165, 1.54) is 16.5 Å². The molecule has 1 aromatic carbocycles. The maximum absolute atomic E-state index is 14.7. The van der Waals surface area contributed by atoms with Gasteiger partial charge in [-0.05, 0) is 82.8 Å². The summed E-state index contributed by atoms with van der Waals surface area (Å²) >= 11 is 1.70. The number of amides is 4. The molecule has 21 heteroatoms. The summed E-state index contributed by atoms with van der Waals surface area (Å²) in [6, 6.07) is 6.12. The topological polar surface area (TPSA) is 195 Å². The summed E-state index contributed by atoms with van der Waals surface area (Å²) < 4.78 is 60.8. The number of nitrogens with one attached hydrogen (secondary N) is 3. The zero-order valence-corrected chi connectivity index (χ0v) is 42.6. The average Bonchev–Trinajstić information content (AvgIpc) is 4.08. The van der Waals surface area contributed by atoms with Gasteiger partial charge < -0.3 is 53.8 Å². The monoisotopic (exact) mass is 1020 g/mol. The number of nitrogens with zero attached hydrogens (tertiary/aromatic N) is 6. The molecule has 18 nitrogen and oxygen atoms in total. The molecular weight excluding hydrogens is 953 g/mol. The molecule has 3 fully saturated rings. The zero-order chi connectivity index (χ0) is 50.9. The van der Waals surface area contributed by atoms with Crippen molar-refractivity contribution < 1.29 is 51.4 Å². The Labute approximate surface area is 422 Å². The normalized spacial score (nSPS) is 18.1. The number of likely N-dealkylation sites (N-methyl/N-ethyl adjacent to an activating group) is 1. The van der Waals surface area contributed by atoms with E-state index in [0.717, 1.165) is 86.1 Å². The first-order chi connectivity index (χ1) is 34.8. The smallest absolute Gasteiger partial charge is 0.271 e. The molecule has 6 heterocycles. The van der Waals surface area contributed by atoms with Crippen LogP contribution in [0.1, 0.15) is 90.3 Å². The highest BCUT2D eigenvalue weighted by Crippen LogP contribution is 2.34. The van der Waals surface area contributed by atoms with Crippen molar-refractivity contribution in [3.8, 4) is 11.6 Å². The van der Waals surface area contributed by atoms with E-state index in [1.54, 1.807) is 47.4 Å². The number of piperidine rings is 1. The van der Waals surface area contributed by atoms with Crippen molar-refractivity contribution in [2.75, 3.05) is 79.4 Å². The SMILES string of the molecule is CN[C@@H](C)C(=O)N[C@H](C(=O)N1CCN(C(=O)c2c(C(=O)NCCOCCOCCOc3cc(CN4CCC(Oc5ccnc6cc(C)sc56)CC4)on3)c3cc(F)c(F)cc3n2C)C[C@H]1C)C1CCCCC1. The highest BCUT2D eigenvalue weighted by Gasteiger charge is 2.40. The number of aromatic nitrogens is 3. The maximum Gasteiger partial charge on any atom is 0.271 e. The molecule has 1 saturated carbocycles. The van der Waals surface area contributed by atoms with Gasteiger partial charge in [-0.3, -0.25) is 29.1 Å². The summed E-state index contributed by atoms with van der Waals surface area (Å²) in [4.78, 5) is 66.7. The average molecular weight is 1020 g/mol. The third-order valence-corrected chi connectivity index (χ3v) is 15.1. The van der Waals surface area contributed by atoms with Crippen molar-refractivity contribution in [3.63, 3.8) is 0 Å². The van der Waals surface area contributed by atoms with Crippen molar-refractivity contribution in [1.29, 1.82) is 0 Å². The molecule has 0 spiro atoms. The van der Waals surface area contributed by atoms with E-state index in [2.05, 4.69) is 44.0 Å². The van der Waals surface area contributed by atoms with Gasteiger partial charge in [-0.2, -0.15) is 0 Å². The van der Waals surface area contributed by atoms with Gasteiger partial charge in [0.2, 0.25) is 11.8 Å². The fourth-order valence-electron chi connectivity index (χ4n) is 9.97. The van der Waals surface area contributed by atoms with Gasteiger partial charge in [-0.25, -0.2) is 8.78 Å². The molecule has 4 aromatic heterocycles. The number of rotatable bonds is 21. The van der Waals surface area contributed by atoms with Crippen LogP contribution in [-0.2, 0) is 32.7 Å². The van der Waals surface area contributed by atoms with Gasteiger partial charge in [0.1, 0.15) is 30.2 Å². The molecule has 2 aliphatic heterocycles. The summed E-state index contributed by atoms with van der Waals surface area (Å²) in [5, 5.41) is 12.8. The van der Waals surface area contributed by atoms with Crippen LogP contribution in [0, 0.1) is 24.5 Å². The summed E-state index contributed by atoms with van der Waals surface area (Å²) in [7, 11) is 3.22. The van der Waals surface area contributed by atoms with Crippen LogP contribution >= 0.6 is 11.3 Å². The van der Waals surface area contributed by atoms with E-state index in [4.69, 9.17) is 23.5 Å². The molecule has 0 radical (unpaired) electrons. The van der Waals surface area contributed by atoms with Crippen molar-refractivity contribution in [2.24, 2.45) is 13.0 Å². The Morgan fingerprint density at radius 1 is 0.931 bits per heavy atom. The Bertz CT molecular complexity index is 2680. The molecule has 72 heavy (non-hydrogen) atoms. The molecule has 390 valence electrons. The number of halogens is 2. The molecule has 5 aromatic rings. The van der Waals surface area contributed by atoms with Crippen LogP contribution in [0.5, 0.6) is 11.6 Å². The number of thiophene rings is 1. The van der Waals surface area contributed by atoms with Gasteiger partial charge >= 0.3 is 0 Å². The first-order valence-electron chi connectivity index (χ1n) is 25.1. The van der Waals surface area contributed by atoms with Gasteiger partial charge in [0, 0.05) is 81.0 Å². The second-order valence-electron chi connectivity index (χ2n) is 19.0. The van der Waals surface area contributed by atoms with Crippen LogP contribution in [0.15, 0.2) is 41.1 Å². The number of benzene rings is 1. The van der Waals surface area contributed by atoms with Crippen LogP contribution in [-0.4, -0.2) is 157 Å². The van der Waals surface area contributed by atoms with Crippen LogP contribution in [0.3, 0.4) is 0 Å². The van der Waals surface area contributed by atoms with Crippen LogP contribution < -0.4 is 25.4 Å². The second kappa shape index (κ2) is 24.3. The minimum absolute atomic E-state index is 0.00352. The number of piperazine rings is 1. The van der Waals surface area contributed by atoms with E-state index in [-0.39, 0.29) is 105 Å². The molecule has 0 unspecified atom stereocenters. The van der Waals surface area contributed by atoms with Crippen molar-refractivity contribution in [3.05, 3.63) is 70.1 Å². The molecule has 1 aliphatic carbocycles. The Morgan fingerprint density at radius 2 is 1.67 bits per heavy atom. The van der Waals surface area contributed by atoms with Gasteiger partial charge in [0.05, 0.1) is 60.3 Å². The van der Waals surface area contributed by atoms with Gasteiger partial charge in [-0.1, -0.05) is 19.3 Å². The Morgan fingerprint density at radius 3 is 2.42 bits per heavy atom. The van der Waals surface area contributed by atoms with Gasteiger partial charge in [0.15, 0.2) is 17.4 Å². The minimum Gasteiger partial charge on any atom is -0.489 e. The van der Waals surface area contributed by atoms with Gasteiger partial charge in [0.25, 0.3) is 17.7 Å². The van der Waals surface area contributed by atoms with E-state index >= 15 is 0 Å². The van der Waals surface area contributed by atoms with E-state index in [1.807, 2.05) is 13.0 Å². The summed E-state index contributed by atoms with van der Waals surface area (Å²) in [6.07, 6.45) is 8.46. The quantitative estimate of drug-likeness (QED) is 0.0771. The first kappa shape index (κ1) is 52.6. The number of hydrogen-bond donors (Lipinski definition) is 3. The van der Waals surface area contributed by atoms with Crippen molar-refractivity contribution in [2.45, 2.75) is 96.5 Å². The number of hydrogen-bond acceptors (Lipinski definition) is 14. The third-order valence-electron chi connectivity index (χ3n) is 14.0. The molecule has 3 N–H and O–H groups in total. The number of aryl methyl sites for hydroxylation is 2. The largest absolute Gasteiger partial charge is 0.489 e. The van der Waals surface area contributed by atoms with E-state index < -0.39 is 41.6 Å². The minimum atomic E-state index is -1.16. The predicted molar refractivity (Wildman–Crippen MR) is 266 cm³/mol. The van der Waals surface area contributed by atoms with Crippen molar-refractivity contribution >= 4 is 56.1 Å². The fraction of sp³-hybridized carbons (Fsp3) is 0.569. The number of ether oxygens (including phenoxy) is 4. The standard InChI is InChI=1S/C51H67F2N9O9S/c1-31-29-61(18-19-62(31)50(65)45(34-9-7-6-8-10-34)57-48(63)33(3)54-4)51(66)46-44(37-27-38(52)39(53)28-41(37)59(46)5)49(64)56-15-20-67-21-22-68-23-24-69-43-26-36(71-58-43)30-60-16-12-35(13-17-60)70-42-11-14-55-40-25-32(2)72-47(40)42/h11,14,25-28,31,33-35,45,54H,6-10,12-13,15-24,29-30H2,1-5H3,(H,56,64)(H,57,63)/t31-,33+,45+/m1/s1. The molecule has 3 aliphatic rings. The Balaban J connectivity index is 0.760. The fourth-order valence-corrected chi connectivity index (χ4v) is 10.9. The summed E-state index contributed by atoms with van der Waals surface area (Å²) in [5.41, 5.74) is 1.01. The number of pyridine rings is 1. The highest BCUT2D eigenvalue weighted by molar-refractivity contribution is 7.19.